The van der Waals surface area contributed by atoms with Crippen LogP contribution in [0.3, 0.4) is 0 Å². The molecule has 32 heavy (non-hydrogen) atoms. The highest BCUT2D eigenvalue weighted by Gasteiger charge is 2.46. The number of benzene rings is 2. The second kappa shape index (κ2) is 9.18. The Morgan fingerprint density at radius 3 is 2.16 bits per heavy atom. The van der Waals surface area contributed by atoms with Crippen molar-refractivity contribution >= 4 is 5.78 Å². The van der Waals surface area contributed by atoms with Crippen molar-refractivity contribution in [3.8, 4) is 28.7 Å². The summed E-state index contributed by atoms with van der Waals surface area (Å²) in [6.07, 6.45) is -8.43. The Balaban J connectivity index is 1.92. The Bertz CT molecular complexity index is 1000. The van der Waals surface area contributed by atoms with Crippen LogP contribution in [-0.4, -0.2) is 82.8 Å². The Morgan fingerprint density at radius 2 is 1.53 bits per heavy atom. The van der Waals surface area contributed by atoms with Crippen LogP contribution in [0.15, 0.2) is 24.3 Å². The number of phenolic OH excluding ortho intramolecular Hbond substituents is 5. The topological polar surface area (TPSA) is 208 Å². The van der Waals surface area contributed by atoms with Gasteiger partial charge in [0.1, 0.15) is 53.3 Å². The monoisotopic (exact) mass is 452 g/mol. The number of aromatic hydroxyl groups is 5. The van der Waals surface area contributed by atoms with E-state index in [1.54, 1.807) is 0 Å². The van der Waals surface area contributed by atoms with Crippen LogP contribution < -0.4 is 0 Å². The number of phenols is 5. The van der Waals surface area contributed by atoms with Gasteiger partial charge in [0.15, 0.2) is 17.3 Å². The van der Waals surface area contributed by atoms with Gasteiger partial charge in [0.25, 0.3) is 0 Å². The van der Waals surface area contributed by atoms with E-state index in [0.29, 0.717) is 5.56 Å². The number of ketones is 1. The number of carbonyl (C=O) groups excluding carboxylic acids is 1. The molecule has 0 aliphatic carbocycles. The lowest BCUT2D eigenvalue weighted by Crippen LogP contribution is -2.55. The van der Waals surface area contributed by atoms with E-state index < -0.39 is 71.3 Å². The van der Waals surface area contributed by atoms with Gasteiger partial charge in [-0.05, 0) is 24.1 Å². The van der Waals surface area contributed by atoms with Crippen molar-refractivity contribution in [3.05, 3.63) is 41.0 Å². The van der Waals surface area contributed by atoms with E-state index >= 15 is 0 Å². The van der Waals surface area contributed by atoms with E-state index in [-0.39, 0.29) is 24.3 Å². The molecule has 5 atom stereocenters. The molecular formula is C21H24O11. The normalized spacial score (nSPS) is 25.6. The first-order chi connectivity index (χ1) is 15.1. The number of aliphatic hydroxyl groups is 4. The molecule has 0 spiro atoms. The van der Waals surface area contributed by atoms with Gasteiger partial charge in [-0.1, -0.05) is 6.07 Å². The zero-order chi connectivity index (χ0) is 23.7. The van der Waals surface area contributed by atoms with Crippen molar-refractivity contribution in [2.75, 3.05) is 6.61 Å². The van der Waals surface area contributed by atoms with Gasteiger partial charge in [0.2, 0.25) is 0 Å². The number of hydrogen-bond acceptors (Lipinski definition) is 11. The largest absolute Gasteiger partial charge is 0.507 e. The van der Waals surface area contributed by atoms with E-state index in [2.05, 4.69) is 0 Å². The highest BCUT2D eigenvalue weighted by atomic mass is 16.5. The average Bonchev–Trinajstić information content (AvgIpc) is 2.74. The molecule has 1 saturated heterocycles. The maximum absolute atomic E-state index is 12.7. The Labute approximate surface area is 181 Å². The summed E-state index contributed by atoms with van der Waals surface area (Å²) < 4.78 is 5.33. The van der Waals surface area contributed by atoms with Crippen molar-refractivity contribution < 1.29 is 55.5 Å². The molecule has 1 aliphatic rings. The maximum atomic E-state index is 12.7. The molecule has 1 aliphatic heterocycles. The van der Waals surface area contributed by atoms with E-state index in [9.17, 15) is 50.8 Å². The number of aryl methyl sites for hydroxylation is 1. The van der Waals surface area contributed by atoms with Crippen LogP contribution in [0.2, 0.25) is 0 Å². The fourth-order valence-corrected chi connectivity index (χ4v) is 3.66. The quantitative estimate of drug-likeness (QED) is 0.202. The number of hydrogen-bond donors (Lipinski definition) is 9. The lowest BCUT2D eigenvalue weighted by molar-refractivity contribution is -0.232. The highest BCUT2D eigenvalue weighted by Crippen LogP contribution is 2.46. The predicted molar refractivity (Wildman–Crippen MR) is 107 cm³/mol. The van der Waals surface area contributed by atoms with Crippen LogP contribution in [0.5, 0.6) is 28.7 Å². The van der Waals surface area contributed by atoms with Gasteiger partial charge in [0.05, 0.1) is 12.2 Å². The molecule has 0 radical (unpaired) electrons. The molecule has 11 nitrogen and oxygen atoms in total. The number of carbonyl (C=O) groups is 1. The van der Waals surface area contributed by atoms with Crippen molar-refractivity contribution in [1.82, 2.24) is 0 Å². The van der Waals surface area contributed by atoms with Gasteiger partial charge >= 0.3 is 0 Å². The van der Waals surface area contributed by atoms with Crippen molar-refractivity contribution in [3.63, 3.8) is 0 Å². The molecule has 0 bridgehead atoms. The zero-order valence-electron chi connectivity index (χ0n) is 16.7. The summed E-state index contributed by atoms with van der Waals surface area (Å²) in [6, 6.07) is 4.72. The first kappa shape index (κ1) is 23.6. The number of rotatable bonds is 6. The van der Waals surface area contributed by atoms with E-state index in [1.807, 2.05) is 0 Å². The molecule has 2 aromatic carbocycles. The molecule has 1 fully saturated rings. The molecule has 0 amide bonds. The minimum atomic E-state index is -1.84. The third-order valence-electron chi connectivity index (χ3n) is 5.43. The van der Waals surface area contributed by atoms with Crippen LogP contribution in [-0.2, 0) is 11.2 Å². The van der Waals surface area contributed by atoms with Gasteiger partial charge < -0.3 is 50.7 Å². The van der Waals surface area contributed by atoms with E-state index in [0.717, 1.165) is 6.07 Å². The summed E-state index contributed by atoms with van der Waals surface area (Å²) in [5, 5.41) is 89.5. The third-order valence-corrected chi connectivity index (χ3v) is 5.43. The fourth-order valence-electron chi connectivity index (χ4n) is 3.66. The SMILES string of the molecule is O=C(CCc1ccc(O)c(O)c1)c1c(O)cc(O)c(C2OC(CO)C(O)C(O)C2O)c1O. The van der Waals surface area contributed by atoms with Crippen molar-refractivity contribution in [1.29, 1.82) is 0 Å². The van der Waals surface area contributed by atoms with Gasteiger partial charge in [-0.15, -0.1) is 0 Å². The fraction of sp³-hybridized carbons (Fsp3) is 0.381. The first-order valence-corrected chi connectivity index (χ1v) is 9.69. The molecule has 5 unspecified atom stereocenters. The molecular weight excluding hydrogens is 428 g/mol. The second-order valence-corrected chi connectivity index (χ2v) is 7.55. The molecule has 9 N–H and O–H groups in total. The van der Waals surface area contributed by atoms with E-state index in [1.165, 1.54) is 18.2 Å². The van der Waals surface area contributed by atoms with Gasteiger partial charge in [-0.25, -0.2) is 0 Å². The minimum Gasteiger partial charge on any atom is -0.507 e. The van der Waals surface area contributed by atoms with Gasteiger partial charge in [-0.3, -0.25) is 4.79 Å². The first-order valence-electron chi connectivity index (χ1n) is 9.69. The molecule has 1 heterocycles. The van der Waals surface area contributed by atoms with E-state index in [4.69, 9.17) is 4.74 Å². The predicted octanol–water partition coefficient (Wildman–Crippen LogP) is -0.455. The molecule has 174 valence electrons. The second-order valence-electron chi connectivity index (χ2n) is 7.55. The minimum absolute atomic E-state index is 0.0712. The maximum Gasteiger partial charge on any atom is 0.170 e. The lowest BCUT2D eigenvalue weighted by atomic mass is 9.88. The number of Topliss-reactive ketones (excluding diaryl/α,β-unsaturated/α-hetero) is 1. The molecule has 11 heteroatoms. The summed E-state index contributed by atoms with van der Waals surface area (Å²) in [7, 11) is 0. The van der Waals surface area contributed by atoms with Crippen LogP contribution in [0.25, 0.3) is 0 Å². The Morgan fingerprint density at radius 1 is 0.844 bits per heavy atom. The van der Waals surface area contributed by atoms with Gasteiger partial charge in [0, 0.05) is 12.5 Å². The van der Waals surface area contributed by atoms with Crippen LogP contribution >= 0.6 is 0 Å². The molecule has 3 rings (SSSR count). The zero-order valence-corrected chi connectivity index (χ0v) is 16.7. The summed E-state index contributed by atoms with van der Waals surface area (Å²) in [5.41, 5.74) is -0.594. The Hall–Kier alpha value is -3.09. The van der Waals surface area contributed by atoms with Crippen LogP contribution in [0.4, 0.5) is 0 Å². The van der Waals surface area contributed by atoms with Crippen molar-refractivity contribution in [2.24, 2.45) is 0 Å². The highest BCUT2D eigenvalue weighted by molar-refractivity contribution is 6.02. The standard InChI is InChI=1S/C21H24O11/c22-7-14-17(28)19(30)20(31)21(32-14)16-13(27)6-12(26)15(18(16)29)10(24)4-2-8-1-3-9(23)11(25)5-8/h1,3,5-6,14,17,19-23,25-31H,2,4,7H2. The summed E-state index contributed by atoms with van der Waals surface area (Å²) in [4.78, 5) is 12.7. The summed E-state index contributed by atoms with van der Waals surface area (Å²) >= 11 is 0. The Kier molecular flexibility index (Phi) is 6.77. The molecule has 0 aromatic heterocycles. The third kappa shape index (κ3) is 4.29. The van der Waals surface area contributed by atoms with Gasteiger partial charge in [-0.2, -0.15) is 0 Å². The van der Waals surface area contributed by atoms with Crippen molar-refractivity contribution in [2.45, 2.75) is 43.4 Å². The number of ether oxygens (including phenoxy) is 1. The molecule has 0 saturated carbocycles. The lowest BCUT2D eigenvalue weighted by Gasteiger charge is -2.40. The molecule has 2 aromatic rings. The van der Waals surface area contributed by atoms with Crippen LogP contribution in [0, 0.1) is 0 Å². The summed E-state index contributed by atoms with van der Waals surface area (Å²) in [6.45, 7) is -0.744. The van der Waals surface area contributed by atoms with Crippen LogP contribution in [0.1, 0.15) is 34.0 Å². The smallest absolute Gasteiger partial charge is 0.170 e. The number of aliphatic hydroxyl groups excluding tert-OH is 4. The average molecular weight is 452 g/mol. The summed E-state index contributed by atoms with van der Waals surface area (Å²) in [5.74, 6) is -3.85.